The quantitative estimate of drug-likeness (QED) is 0.679. The second-order valence-electron chi connectivity index (χ2n) is 6.76. The molecule has 0 radical (unpaired) electrons. The lowest BCUT2D eigenvalue weighted by Crippen LogP contribution is -2.35. The highest BCUT2D eigenvalue weighted by atomic mass is 32.2. The minimum absolute atomic E-state index is 0.260. The van der Waals surface area contributed by atoms with Crippen LogP contribution in [0.3, 0.4) is 0 Å². The Bertz CT molecular complexity index is 1040. The number of methoxy groups -OCH3 is 1. The number of fused-ring (bicyclic) bond motifs is 1. The number of hydrogen-bond acceptors (Lipinski definition) is 6. The summed E-state index contributed by atoms with van der Waals surface area (Å²) in [6, 6.07) is 12.4. The fourth-order valence-corrected chi connectivity index (χ4v) is 4.95. The number of hydrogen-bond donors (Lipinski definition) is 1. The summed E-state index contributed by atoms with van der Waals surface area (Å²) in [7, 11) is -1.96. The largest absolute Gasteiger partial charge is 0.495 e. The lowest BCUT2D eigenvalue weighted by atomic mass is 10.2. The Morgan fingerprint density at radius 2 is 1.93 bits per heavy atom. The number of nitrogens with one attached hydrogen (secondary N) is 1. The smallest absolute Gasteiger partial charge is 0.243 e. The average molecular weight is 401 g/mol. The van der Waals surface area contributed by atoms with Gasteiger partial charge in [0.25, 0.3) is 0 Å². The third-order valence-electron chi connectivity index (χ3n) is 4.89. The highest BCUT2D eigenvalue weighted by Crippen LogP contribution is 2.30. The van der Waals surface area contributed by atoms with Gasteiger partial charge in [0.05, 0.1) is 24.2 Å². The van der Waals surface area contributed by atoms with Crippen molar-refractivity contribution in [2.45, 2.75) is 30.7 Å². The van der Waals surface area contributed by atoms with E-state index in [-0.39, 0.29) is 4.90 Å². The number of anilines is 1. The molecule has 28 heavy (non-hydrogen) atoms. The summed E-state index contributed by atoms with van der Waals surface area (Å²) in [5.74, 6) is 1.08. The molecule has 0 unspecified atom stereocenters. The molecule has 148 valence electrons. The van der Waals surface area contributed by atoms with Gasteiger partial charge in [-0.15, -0.1) is 0 Å². The van der Waals surface area contributed by atoms with Crippen molar-refractivity contribution in [1.82, 2.24) is 9.29 Å². The van der Waals surface area contributed by atoms with Crippen LogP contribution in [-0.2, 0) is 16.6 Å². The van der Waals surface area contributed by atoms with Gasteiger partial charge in [-0.05, 0) is 43.2 Å². The Labute approximate surface area is 164 Å². The SMILES string of the molecule is COc1ccc(S(=O)(=O)N2CCCCC2)cc1NCc1nc2ccccc2o1. The molecule has 0 saturated carbocycles. The Morgan fingerprint density at radius 1 is 1.14 bits per heavy atom. The van der Waals surface area contributed by atoms with Gasteiger partial charge in [0, 0.05) is 13.1 Å². The summed E-state index contributed by atoms with van der Waals surface area (Å²) in [5.41, 5.74) is 2.09. The highest BCUT2D eigenvalue weighted by molar-refractivity contribution is 7.89. The summed E-state index contributed by atoms with van der Waals surface area (Å²) in [4.78, 5) is 4.69. The van der Waals surface area contributed by atoms with E-state index in [1.807, 2.05) is 24.3 Å². The van der Waals surface area contributed by atoms with Gasteiger partial charge in [-0.2, -0.15) is 4.31 Å². The number of para-hydroxylation sites is 2. The van der Waals surface area contributed by atoms with E-state index in [9.17, 15) is 8.42 Å². The zero-order valence-electron chi connectivity index (χ0n) is 15.7. The van der Waals surface area contributed by atoms with Gasteiger partial charge in [0.1, 0.15) is 11.3 Å². The van der Waals surface area contributed by atoms with Crippen LogP contribution in [0.25, 0.3) is 11.1 Å². The summed E-state index contributed by atoms with van der Waals surface area (Å²) in [5, 5.41) is 3.19. The molecular formula is C20H23N3O4S. The summed E-state index contributed by atoms with van der Waals surface area (Å²) in [6.07, 6.45) is 2.88. The van der Waals surface area contributed by atoms with E-state index in [1.54, 1.807) is 29.6 Å². The monoisotopic (exact) mass is 401 g/mol. The summed E-state index contributed by atoms with van der Waals surface area (Å²) < 4.78 is 38.6. The maximum absolute atomic E-state index is 13.0. The van der Waals surface area contributed by atoms with Crippen molar-refractivity contribution < 1.29 is 17.6 Å². The van der Waals surface area contributed by atoms with Gasteiger partial charge < -0.3 is 14.5 Å². The van der Waals surface area contributed by atoms with Gasteiger partial charge in [0.2, 0.25) is 15.9 Å². The molecule has 1 aliphatic heterocycles. The number of ether oxygens (including phenoxy) is 1. The first-order valence-corrected chi connectivity index (χ1v) is 10.8. The first-order valence-electron chi connectivity index (χ1n) is 9.34. The molecule has 2 aromatic carbocycles. The number of oxazole rings is 1. The predicted octanol–water partition coefficient (Wildman–Crippen LogP) is 3.62. The first-order chi connectivity index (χ1) is 13.6. The molecule has 0 spiro atoms. The number of nitrogens with zero attached hydrogens (tertiary/aromatic N) is 2. The number of aromatic nitrogens is 1. The molecule has 0 amide bonds. The fourth-order valence-electron chi connectivity index (χ4n) is 3.41. The van der Waals surface area contributed by atoms with Crippen LogP contribution >= 0.6 is 0 Å². The Morgan fingerprint density at radius 3 is 2.68 bits per heavy atom. The lowest BCUT2D eigenvalue weighted by Gasteiger charge is -2.26. The third-order valence-corrected chi connectivity index (χ3v) is 6.79. The van der Waals surface area contributed by atoms with Gasteiger partial charge in [-0.1, -0.05) is 18.6 Å². The van der Waals surface area contributed by atoms with Crippen LogP contribution in [0.2, 0.25) is 0 Å². The molecule has 1 aliphatic rings. The van der Waals surface area contributed by atoms with E-state index < -0.39 is 10.0 Å². The van der Waals surface area contributed by atoms with E-state index in [0.29, 0.717) is 42.5 Å². The van der Waals surface area contributed by atoms with Crippen LogP contribution in [-0.4, -0.2) is 37.9 Å². The van der Waals surface area contributed by atoms with Gasteiger partial charge in [0.15, 0.2) is 5.58 Å². The van der Waals surface area contributed by atoms with E-state index in [1.165, 1.54) is 0 Å². The van der Waals surface area contributed by atoms with Crippen molar-refractivity contribution in [2.24, 2.45) is 0 Å². The third kappa shape index (κ3) is 3.70. The fraction of sp³-hybridized carbons (Fsp3) is 0.350. The maximum Gasteiger partial charge on any atom is 0.243 e. The van der Waals surface area contributed by atoms with Crippen LogP contribution in [0.5, 0.6) is 5.75 Å². The van der Waals surface area contributed by atoms with Gasteiger partial charge >= 0.3 is 0 Å². The summed E-state index contributed by atoms with van der Waals surface area (Å²) >= 11 is 0. The molecular weight excluding hydrogens is 378 g/mol. The Balaban J connectivity index is 1.58. The van der Waals surface area contributed by atoms with Crippen molar-refractivity contribution in [3.63, 3.8) is 0 Å². The molecule has 1 saturated heterocycles. The van der Waals surface area contributed by atoms with Crippen molar-refractivity contribution in [1.29, 1.82) is 0 Å². The van der Waals surface area contributed by atoms with E-state index in [4.69, 9.17) is 9.15 Å². The topological polar surface area (TPSA) is 84.7 Å². The maximum atomic E-state index is 13.0. The van der Waals surface area contributed by atoms with Crippen molar-refractivity contribution >= 4 is 26.8 Å². The molecule has 4 rings (SSSR count). The molecule has 0 bridgehead atoms. The van der Waals surface area contributed by atoms with E-state index >= 15 is 0 Å². The number of sulfonamides is 1. The van der Waals surface area contributed by atoms with Crippen LogP contribution in [0.1, 0.15) is 25.2 Å². The molecule has 0 aliphatic carbocycles. The molecule has 0 atom stereocenters. The zero-order valence-corrected chi connectivity index (χ0v) is 16.5. The second kappa shape index (κ2) is 7.81. The lowest BCUT2D eigenvalue weighted by molar-refractivity contribution is 0.346. The molecule has 7 nitrogen and oxygen atoms in total. The van der Waals surface area contributed by atoms with Crippen LogP contribution in [0.15, 0.2) is 51.8 Å². The molecule has 8 heteroatoms. The highest BCUT2D eigenvalue weighted by Gasteiger charge is 2.26. The Kier molecular flexibility index (Phi) is 5.23. The molecule has 1 aromatic heterocycles. The van der Waals surface area contributed by atoms with Crippen LogP contribution in [0.4, 0.5) is 5.69 Å². The molecule has 2 heterocycles. The minimum Gasteiger partial charge on any atom is -0.495 e. The molecule has 1 fully saturated rings. The predicted molar refractivity (Wildman–Crippen MR) is 107 cm³/mol. The average Bonchev–Trinajstić information content (AvgIpc) is 3.15. The second-order valence-corrected chi connectivity index (χ2v) is 8.69. The molecule has 3 aromatic rings. The Hall–Kier alpha value is -2.58. The first kappa shape index (κ1) is 18.8. The standard InChI is InChI=1S/C20H23N3O4S/c1-26-18-10-9-15(28(24,25)23-11-5-2-6-12-23)13-17(18)21-14-20-22-16-7-3-4-8-19(16)27-20/h3-4,7-10,13,21H,2,5-6,11-12,14H2,1H3. The van der Waals surface area contributed by atoms with Gasteiger partial charge in [-0.3, -0.25) is 0 Å². The van der Waals surface area contributed by atoms with Gasteiger partial charge in [-0.25, -0.2) is 13.4 Å². The number of piperidine rings is 1. The van der Waals surface area contributed by atoms with Crippen molar-refractivity contribution in [3.8, 4) is 5.75 Å². The van der Waals surface area contributed by atoms with Crippen molar-refractivity contribution in [3.05, 3.63) is 48.4 Å². The zero-order chi connectivity index (χ0) is 19.6. The molecule has 1 N–H and O–H groups in total. The van der Waals surface area contributed by atoms with Crippen LogP contribution in [0, 0.1) is 0 Å². The minimum atomic E-state index is -3.51. The van der Waals surface area contributed by atoms with E-state index in [2.05, 4.69) is 10.3 Å². The van der Waals surface area contributed by atoms with E-state index in [0.717, 1.165) is 24.8 Å². The number of benzene rings is 2. The van der Waals surface area contributed by atoms with Crippen LogP contribution < -0.4 is 10.1 Å². The normalized spacial score (nSPS) is 15.6. The summed E-state index contributed by atoms with van der Waals surface area (Å²) in [6.45, 7) is 1.46. The number of rotatable bonds is 6. The van der Waals surface area contributed by atoms with Crippen molar-refractivity contribution in [2.75, 3.05) is 25.5 Å².